The first-order valence-electron chi connectivity index (χ1n) is 6.05. The van der Waals surface area contributed by atoms with Crippen molar-refractivity contribution in [1.82, 2.24) is 9.97 Å². The second-order valence-corrected chi connectivity index (χ2v) is 5.06. The minimum Gasteiger partial charge on any atom is -0.368 e. The minimum absolute atomic E-state index is 0.0652. The van der Waals surface area contributed by atoms with Crippen LogP contribution < -0.4 is 10.6 Å². The summed E-state index contributed by atoms with van der Waals surface area (Å²) in [7, 11) is 1.70. The smallest absolute Gasteiger partial charge is 0.368 e. The number of nitrogen functional groups attached to an aromatic ring is 1. The molecule has 1 aromatic rings. The fraction of sp³-hybridized carbons (Fsp3) is 0.667. The predicted octanol–water partition coefficient (Wildman–Crippen LogP) is 2.95. The molecular formula is C12H19F3N4. The number of nitrogens with zero attached hydrogens (tertiary/aromatic N) is 3. The fourth-order valence-electron chi connectivity index (χ4n) is 1.84. The van der Waals surface area contributed by atoms with Gasteiger partial charge >= 0.3 is 6.18 Å². The van der Waals surface area contributed by atoms with E-state index in [4.69, 9.17) is 5.73 Å². The number of rotatable bonds is 4. The molecule has 108 valence electrons. The number of hydrogen-bond donors (Lipinski definition) is 1. The molecule has 0 fully saturated rings. The highest BCUT2D eigenvalue weighted by Crippen LogP contribution is 2.30. The van der Waals surface area contributed by atoms with Gasteiger partial charge in [-0.05, 0) is 19.3 Å². The first-order chi connectivity index (χ1) is 8.61. The van der Waals surface area contributed by atoms with Gasteiger partial charge in [-0.3, -0.25) is 0 Å². The zero-order valence-corrected chi connectivity index (χ0v) is 11.5. The van der Waals surface area contributed by atoms with E-state index >= 15 is 0 Å². The van der Waals surface area contributed by atoms with Crippen LogP contribution in [0.3, 0.4) is 0 Å². The van der Waals surface area contributed by atoms with E-state index in [-0.39, 0.29) is 17.8 Å². The highest BCUT2D eigenvalue weighted by Gasteiger charge is 2.34. The Bertz CT molecular complexity index is 431. The lowest BCUT2D eigenvalue weighted by molar-refractivity contribution is -0.141. The number of nitrogens with two attached hydrogens (primary N) is 1. The van der Waals surface area contributed by atoms with Crippen LogP contribution in [0.15, 0.2) is 6.07 Å². The Morgan fingerprint density at radius 2 is 1.84 bits per heavy atom. The summed E-state index contributed by atoms with van der Waals surface area (Å²) in [5, 5.41) is 0. The van der Waals surface area contributed by atoms with Crippen LogP contribution in [-0.4, -0.2) is 23.1 Å². The Labute approximate surface area is 110 Å². The molecule has 0 bridgehead atoms. The lowest BCUT2D eigenvalue weighted by Gasteiger charge is -2.27. The summed E-state index contributed by atoms with van der Waals surface area (Å²) < 4.78 is 38.0. The molecule has 0 saturated heterocycles. The van der Waals surface area contributed by atoms with E-state index in [0.29, 0.717) is 5.92 Å². The van der Waals surface area contributed by atoms with Gasteiger partial charge in [-0.2, -0.15) is 18.2 Å². The maximum Gasteiger partial charge on any atom is 0.433 e. The molecule has 1 rings (SSSR count). The van der Waals surface area contributed by atoms with Gasteiger partial charge in [0.1, 0.15) is 5.82 Å². The molecule has 4 nitrogen and oxygen atoms in total. The highest BCUT2D eigenvalue weighted by molar-refractivity contribution is 5.44. The maximum atomic E-state index is 12.7. The van der Waals surface area contributed by atoms with Gasteiger partial charge in [0.2, 0.25) is 5.95 Å². The lowest BCUT2D eigenvalue weighted by Crippen LogP contribution is -2.31. The number of halogens is 3. The molecule has 0 spiro atoms. The van der Waals surface area contributed by atoms with Gasteiger partial charge in [0.15, 0.2) is 5.69 Å². The molecule has 0 aromatic carbocycles. The van der Waals surface area contributed by atoms with Crippen LogP contribution in [0.2, 0.25) is 0 Å². The number of alkyl halides is 3. The van der Waals surface area contributed by atoms with E-state index < -0.39 is 11.9 Å². The standard InChI is InChI=1S/C12H19F3N4/c1-7(2)5-8(3)19(4)10-6-9(12(13,14)15)17-11(16)18-10/h6-8H,5H2,1-4H3,(H2,16,17,18). The van der Waals surface area contributed by atoms with Gasteiger partial charge in [0, 0.05) is 19.2 Å². The van der Waals surface area contributed by atoms with Crippen molar-refractivity contribution in [3.05, 3.63) is 11.8 Å². The molecule has 1 heterocycles. The molecule has 0 aliphatic carbocycles. The van der Waals surface area contributed by atoms with Crippen LogP contribution >= 0.6 is 0 Å². The molecule has 0 saturated carbocycles. The van der Waals surface area contributed by atoms with Crippen molar-refractivity contribution >= 4 is 11.8 Å². The summed E-state index contributed by atoms with van der Waals surface area (Å²) in [6.07, 6.45) is -3.67. The number of anilines is 2. The third kappa shape index (κ3) is 4.25. The van der Waals surface area contributed by atoms with E-state index in [2.05, 4.69) is 23.8 Å². The largest absolute Gasteiger partial charge is 0.433 e. The maximum absolute atomic E-state index is 12.7. The van der Waals surface area contributed by atoms with Crippen LogP contribution in [0.25, 0.3) is 0 Å². The van der Waals surface area contributed by atoms with Gasteiger partial charge in [0.05, 0.1) is 0 Å². The van der Waals surface area contributed by atoms with Gasteiger partial charge in [-0.15, -0.1) is 0 Å². The molecule has 19 heavy (non-hydrogen) atoms. The quantitative estimate of drug-likeness (QED) is 0.918. The van der Waals surface area contributed by atoms with E-state index in [1.165, 1.54) is 0 Å². The fourth-order valence-corrected chi connectivity index (χ4v) is 1.84. The highest BCUT2D eigenvalue weighted by atomic mass is 19.4. The first kappa shape index (κ1) is 15.5. The van der Waals surface area contributed by atoms with Gasteiger partial charge in [-0.1, -0.05) is 13.8 Å². The Kier molecular flexibility index (Phi) is 4.60. The van der Waals surface area contributed by atoms with Crippen LogP contribution in [0.4, 0.5) is 24.9 Å². The molecule has 1 atom stereocenters. The van der Waals surface area contributed by atoms with Gasteiger partial charge in [0.25, 0.3) is 0 Å². The van der Waals surface area contributed by atoms with Crippen LogP contribution in [0.5, 0.6) is 0 Å². The molecule has 0 radical (unpaired) electrons. The number of aromatic nitrogens is 2. The zero-order valence-electron chi connectivity index (χ0n) is 11.5. The Morgan fingerprint density at radius 1 is 1.26 bits per heavy atom. The topological polar surface area (TPSA) is 55.0 Å². The minimum atomic E-state index is -4.52. The van der Waals surface area contributed by atoms with Crippen molar-refractivity contribution in [2.45, 2.75) is 39.4 Å². The zero-order chi connectivity index (χ0) is 14.8. The van der Waals surface area contributed by atoms with Crippen molar-refractivity contribution in [3.63, 3.8) is 0 Å². The van der Waals surface area contributed by atoms with Crippen LogP contribution in [0.1, 0.15) is 32.9 Å². The summed E-state index contributed by atoms with van der Waals surface area (Å²) in [5.74, 6) is 0.264. The van der Waals surface area contributed by atoms with E-state index in [1.54, 1.807) is 11.9 Å². The van der Waals surface area contributed by atoms with Crippen molar-refractivity contribution in [3.8, 4) is 0 Å². The van der Waals surface area contributed by atoms with Crippen LogP contribution in [-0.2, 0) is 6.18 Å². The second-order valence-electron chi connectivity index (χ2n) is 5.06. The third-order valence-corrected chi connectivity index (χ3v) is 2.86. The second kappa shape index (κ2) is 5.63. The predicted molar refractivity (Wildman–Crippen MR) is 68.8 cm³/mol. The average molecular weight is 276 g/mol. The van der Waals surface area contributed by atoms with Crippen molar-refractivity contribution in [2.24, 2.45) is 5.92 Å². The summed E-state index contributed by atoms with van der Waals surface area (Å²) in [4.78, 5) is 8.78. The van der Waals surface area contributed by atoms with E-state index in [1.807, 2.05) is 6.92 Å². The Balaban J connectivity index is 3.03. The summed E-state index contributed by atoms with van der Waals surface area (Å²) in [6, 6.07) is 0.989. The van der Waals surface area contributed by atoms with Crippen molar-refractivity contribution < 1.29 is 13.2 Å². The third-order valence-electron chi connectivity index (χ3n) is 2.86. The SMILES string of the molecule is CC(C)CC(C)N(C)c1cc(C(F)(F)F)nc(N)n1. The average Bonchev–Trinajstić information content (AvgIpc) is 2.25. The Morgan fingerprint density at radius 3 is 2.32 bits per heavy atom. The van der Waals surface area contributed by atoms with E-state index in [9.17, 15) is 13.2 Å². The molecular weight excluding hydrogens is 257 g/mol. The molecule has 0 aliphatic heterocycles. The Hall–Kier alpha value is -1.53. The molecule has 7 heteroatoms. The number of hydrogen-bond acceptors (Lipinski definition) is 4. The molecule has 2 N–H and O–H groups in total. The van der Waals surface area contributed by atoms with Crippen molar-refractivity contribution in [1.29, 1.82) is 0 Å². The van der Waals surface area contributed by atoms with Crippen molar-refractivity contribution in [2.75, 3.05) is 17.7 Å². The normalized spacial score (nSPS) is 13.7. The lowest BCUT2D eigenvalue weighted by atomic mass is 10.0. The molecule has 0 aliphatic rings. The van der Waals surface area contributed by atoms with Gasteiger partial charge < -0.3 is 10.6 Å². The van der Waals surface area contributed by atoms with Crippen LogP contribution in [0, 0.1) is 5.92 Å². The summed E-state index contributed by atoms with van der Waals surface area (Å²) in [5.41, 5.74) is 4.33. The molecule has 1 aromatic heterocycles. The summed E-state index contributed by atoms with van der Waals surface area (Å²) >= 11 is 0. The van der Waals surface area contributed by atoms with Gasteiger partial charge in [-0.25, -0.2) is 4.98 Å². The molecule has 0 amide bonds. The molecule has 1 unspecified atom stereocenters. The first-order valence-corrected chi connectivity index (χ1v) is 6.05. The van der Waals surface area contributed by atoms with E-state index in [0.717, 1.165) is 12.5 Å². The monoisotopic (exact) mass is 276 g/mol. The summed E-state index contributed by atoms with van der Waals surface area (Å²) in [6.45, 7) is 6.05.